The summed E-state index contributed by atoms with van der Waals surface area (Å²) >= 11 is 0. The number of hydrogen-bond acceptors (Lipinski definition) is 3. The fraction of sp³-hybridized carbons (Fsp3) is 0.652. The van der Waals surface area contributed by atoms with Gasteiger partial charge in [0.1, 0.15) is 5.72 Å². The van der Waals surface area contributed by atoms with Gasteiger partial charge in [-0.05, 0) is 45.6 Å². The Labute approximate surface area is 170 Å². The molecule has 1 aliphatic heterocycles. The fourth-order valence-corrected chi connectivity index (χ4v) is 4.14. The molecule has 1 aliphatic rings. The Morgan fingerprint density at radius 3 is 2.21 bits per heavy atom. The summed E-state index contributed by atoms with van der Waals surface area (Å²) in [6, 6.07) is 10.1. The van der Waals surface area contributed by atoms with Crippen LogP contribution in [0, 0.1) is 11.8 Å². The third-order valence-corrected chi connectivity index (χ3v) is 5.95. The van der Waals surface area contributed by atoms with Crippen LogP contribution in [0.1, 0.15) is 53.5 Å². The maximum Gasteiger partial charge on any atom is 0.228 e. The summed E-state index contributed by atoms with van der Waals surface area (Å²) < 4.78 is 6.33. The summed E-state index contributed by atoms with van der Waals surface area (Å²) in [5.74, 6) is -0.209. The van der Waals surface area contributed by atoms with Crippen LogP contribution in [0.15, 0.2) is 30.3 Å². The zero-order valence-electron chi connectivity index (χ0n) is 18.7. The molecule has 0 bridgehead atoms. The van der Waals surface area contributed by atoms with Crippen molar-refractivity contribution in [1.29, 1.82) is 0 Å². The van der Waals surface area contributed by atoms with Crippen molar-refractivity contribution in [2.45, 2.75) is 71.8 Å². The van der Waals surface area contributed by atoms with Crippen LogP contribution >= 0.6 is 0 Å². The molecule has 2 amide bonds. The number of amides is 2. The molecular weight excluding hydrogens is 352 g/mol. The van der Waals surface area contributed by atoms with E-state index in [4.69, 9.17) is 4.74 Å². The van der Waals surface area contributed by atoms with Gasteiger partial charge in [-0.25, -0.2) is 0 Å². The molecule has 2 rings (SSSR count). The zero-order chi connectivity index (χ0) is 21.3. The molecule has 0 N–H and O–H groups in total. The van der Waals surface area contributed by atoms with Crippen molar-refractivity contribution in [3.63, 3.8) is 0 Å². The molecule has 0 spiro atoms. The Morgan fingerprint density at radius 1 is 1.11 bits per heavy atom. The number of nitrogens with zero attached hydrogens (tertiary/aromatic N) is 2. The number of ether oxygens (including phenoxy) is 1. The highest BCUT2D eigenvalue weighted by Crippen LogP contribution is 2.42. The average Bonchev–Trinajstić information content (AvgIpc) is 2.77. The van der Waals surface area contributed by atoms with Crippen molar-refractivity contribution in [3.05, 3.63) is 35.9 Å². The quantitative estimate of drug-likeness (QED) is 0.746. The Morgan fingerprint density at radius 2 is 1.68 bits per heavy atom. The topological polar surface area (TPSA) is 49.9 Å². The maximum absolute atomic E-state index is 13.6. The second kappa shape index (κ2) is 8.24. The highest BCUT2D eigenvalue weighted by atomic mass is 16.6. The number of rotatable bonds is 6. The van der Waals surface area contributed by atoms with Crippen LogP contribution in [0.4, 0.5) is 0 Å². The van der Waals surface area contributed by atoms with Gasteiger partial charge in [0.05, 0.1) is 11.6 Å². The molecule has 0 saturated carbocycles. The van der Waals surface area contributed by atoms with E-state index in [1.807, 2.05) is 50.8 Å². The third-order valence-electron chi connectivity index (χ3n) is 5.95. The zero-order valence-corrected chi connectivity index (χ0v) is 18.7. The molecule has 1 saturated heterocycles. The summed E-state index contributed by atoms with van der Waals surface area (Å²) in [6.07, 6.45) is 1.10. The maximum atomic E-state index is 13.6. The van der Waals surface area contributed by atoms with E-state index in [0.29, 0.717) is 6.42 Å². The second-order valence-corrected chi connectivity index (χ2v) is 9.32. The molecule has 1 aromatic rings. The van der Waals surface area contributed by atoms with E-state index in [0.717, 1.165) is 6.42 Å². The summed E-state index contributed by atoms with van der Waals surface area (Å²) in [4.78, 5) is 29.2. The van der Waals surface area contributed by atoms with Gasteiger partial charge in [-0.3, -0.25) is 9.59 Å². The molecule has 1 heterocycles. The van der Waals surface area contributed by atoms with E-state index in [1.54, 1.807) is 19.0 Å². The Hall–Kier alpha value is -1.88. The molecule has 1 fully saturated rings. The van der Waals surface area contributed by atoms with Crippen molar-refractivity contribution < 1.29 is 14.3 Å². The first-order chi connectivity index (χ1) is 12.9. The fourth-order valence-electron chi connectivity index (χ4n) is 4.14. The van der Waals surface area contributed by atoms with Gasteiger partial charge in [-0.15, -0.1) is 0 Å². The number of carbonyl (C=O) groups is 2. The molecule has 1 aromatic carbocycles. The Balaban J connectivity index is 2.27. The Kier molecular flexibility index (Phi) is 6.59. The minimum atomic E-state index is -0.695. The number of hydrogen-bond donors (Lipinski definition) is 0. The van der Waals surface area contributed by atoms with Gasteiger partial charge in [0.25, 0.3) is 0 Å². The van der Waals surface area contributed by atoms with Gasteiger partial charge in [0.2, 0.25) is 11.8 Å². The lowest BCUT2D eigenvalue weighted by Crippen LogP contribution is -2.53. The van der Waals surface area contributed by atoms with Gasteiger partial charge in [-0.2, -0.15) is 0 Å². The number of carbonyl (C=O) groups excluding carboxylic acids is 2. The first-order valence-electron chi connectivity index (χ1n) is 10.1. The van der Waals surface area contributed by atoms with Gasteiger partial charge < -0.3 is 14.5 Å². The minimum absolute atomic E-state index is 0.0423. The third kappa shape index (κ3) is 4.75. The lowest BCUT2D eigenvalue weighted by atomic mass is 9.87. The standard InChI is InChI=1S/C23H36N2O3/c1-16(14-20(26)24(7)8)17(2)21(27)25-19(15-18-12-10-9-11-13-18)22(3,4)28-23(25,5)6/h9-13,16-17,19H,14-15H2,1-8H3/t16-,17+,19-/m0/s1. The smallest absolute Gasteiger partial charge is 0.228 e. The first kappa shape index (κ1) is 22.4. The van der Waals surface area contributed by atoms with Crippen molar-refractivity contribution in [1.82, 2.24) is 9.80 Å². The molecular formula is C23H36N2O3. The monoisotopic (exact) mass is 388 g/mol. The Bertz CT molecular complexity index is 697. The predicted octanol–water partition coefficient (Wildman–Crippen LogP) is 3.72. The van der Waals surface area contributed by atoms with Crippen LogP contribution in [0.25, 0.3) is 0 Å². The van der Waals surface area contributed by atoms with E-state index in [2.05, 4.69) is 26.0 Å². The van der Waals surface area contributed by atoms with Crippen LogP contribution in [0.5, 0.6) is 0 Å². The van der Waals surface area contributed by atoms with Gasteiger partial charge >= 0.3 is 0 Å². The van der Waals surface area contributed by atoms with E-state index in [9.17, 15) is 9.59 Å². The molecule has 28 heavy (non-hydrogen) atoms. The SMILES string of the molecule is C[C@@H](CC(=O)N(C)C)[C@@H](C)C(=O)N1[C@@H](Cc2ccccc2)C(C)(C)OC1(C)C. The highest BCUT2D eigenvalue weighted by molar-refractivity contribution is 5.82. The molecule has 156 valence electrons. The highest BCUT2D eigenvalue weighted by Gasteiger charge is 2.54. The normalized spacial score (nSPS) is 22.6. The summed E-state index contributed by atoms with van der Waals surface area (Å²) in [7, 11) is 3.49. The van der Waals surface area contributed by atoms with E-state index in [1.165, 1.54) is 5.56 Å². The van der Waals surface area contributed by atoms with Crippen LogP contribution in [-0.2, 0) is 20.7 Å². The van der Waals surface area contributed by atoms with Gasteiger partial charge in [-0.1, -0.05) is 44.2 Å². The lowest BCUT2D eigenvalue weighted by molar-refractivity contribution is -0.155. The van der Waals surface area contributed by atoms with Crippen LogP contribution in [0.3, 0.4) is 0 Å². The minimum Gasteiger partial charge on any atom is -0.349 e. The van der Waals surface area contributed by atoms with Crippen LogP contribution in [0.2, 0.25) is 0 Å². The van der Waals surface area contributed by atoms with E-state index in [-0.39, 0.29) is 29.7 Å². The van der Waals surface area contributed by atoms with Crippen LogP contribution in [-0.4, -0.2) is 53.1 Å². The molecule has 0 aromatic heterocycles. The van der Waals surface area contributed by atoms with Crippen molar-refractivity contribution in [3.8, 4) is 0 Å². The molecule has 0 radical (unpaired) electrons. The summed E-state index contributed by atoms with van der Waals surface area (Å²) in [5.41, 5.74) is 0.0277. The van der Waals surface area contributed by atoms with E-state index < -0.39 is 11.3 Å². The van der Waals surface area contributed by atoms with Gasteiger partial charge in [0, 0.05) is 26.4 Å². The average molecular weight is 389 g/mol. The van der Waals surface area contributed by atoms with Crippen molar-refractivity contribution in [2.75, 3.05) is 14.1 Å². The first-order valence-corrected chi connectivity index (χ1v) is 10.1. The van der Waals surface area contributed by atoms with E-state index >= 15 is 0 Å². The van der Waals surface area contributed by atoms with Crippen LogP contribution < -0.4 is 0 Å². The largest absolute Gasteiger partial charge is 0.349 e. The van der Waals surface area contributed by atoms with Crippen molar-refractivity contribution >= 4 is 11.8 Å². The lowest BCUT2D eigenvalue weighted by Gasteiger charge is -2.37. The molecule has 0 unspecified atom stereocenters. The molecule has 3 atom stereocenters. The summed E-state index contributed by atoms with van der Waals surface area (Å²) in [6.45, 7) is 11.9. The second-order valence-electron chi connectivity index (χ2n) is 9.32. The molecule has 5 heteroatoms. The van der Waals surface area contributed by atoms with Gasteiger partial charge in [0.15, 0.2) is 0 Å². The number of benzene rings is 1. The molecule has 5 nitrogen and oxygen atoms in total. The predicted molar refractivity (Wildman–Crippen MR) is 112 cm³/mol. The summed E-state index contributed by atoms with van der Waals surface area (Å²) in [5, 5.41) is 0. The molecule has 0 aliphatic carbocycles. The van der Waals surface area contributed by atoms with Crippen molar-refractivity contribution in [2.24, 2.45) is 11.8 Å².